The van der Waals surface area contributed by atoms with Crippen LogP contribution in [0.5, 0.6) is 0 Å². The Morgan fingerprint density at radius 1 is 1.29 bits per heavy atom. The monoisotopic (exact) mass is 396 g/mol. The van der Waals surface area contributed by atoms with Crippen LogP contribution in [0.15, 0.2) is 47.3 Å². The molecule has 1 unspecified atom stereocenters. The van der Waals surface area contributed by atoms with E-state index in [1.54, 1.807) is 24.3 Å². The third kappa shape index (κ3) is 3.60. The van der Waals surface area contributed by atoms with Gasteiger partial charge in [-0.1, -0.05) is 35.9 Å². The zero-order chi connectivity index (χ0) is 19.7. The van der Waals surface area contributed by atoms with Gasteiger partial charge in [-0.05, 0) is 43.0 Å². The number of fused-ring (bicyclic) bond motifs is 1. The fourth-order valence-corrected chi connectivity index (χ4v) is 3.92. The minimum atomic E-state index is -0.296. The maximum absolute atomic E-state index is 12.7. The van der Waals surface area contributed by atoms with Gasteiger partial charge in [0.25, 0.3) is 11.5 Å². The van der Waals surface area contributed by atoms with Crippen molar-refractivity contribution in [3.05, 3.63) is 69.1 Å². The Bertz CT molecular complexity index is 1100. The number of amides is 1. The highest BCUT2D eigenvalue weighted by Crippen LogP contribution is 2.29. The summed E-state index contributed by atoms with van der Waals surface area (Å²) in [5.74, 6) is 0.0705. The second-order valence-electron chi connectivity index (χ2n) is 7.19. The van der Waals surface area contributed by atoms with Crippen molar-refractivity contribution in [2.24, 2.45) is 5.92 Å². The first-order chi connectivity index (χ1) is 13.5. The molecule has 1 saturated heterocycles. The largest absolute Gasteiger partial charge is 0.371 e. The van der Waals surface area contributed by atoms with Crippen LogP contribution in [0.2, 0.25) is 5.02 Å². The molecule has 7 heteroatoms. The number of H-pyrrole nitrogens is 1. The van der Waals surface area contributed by atoms with Crippen molar-refractivity contribution in [2.75, 3.05) is 24.5 Å². The van der Waals surface area contributed by atoms with Gasteiger partial charge in [0, 0.05) is 35.7 Å². The van der Waals surface area contributed by atoms with Crippen LogP contribution >= 0.6 is 11.6 Å². The minimum absolute atomic E-state index is 0.246. The molecule has 1 fully saturated rings. The Labute approximate surface area is 167 Å². The van der Waals surface area contributed by atoms with Crippen LogP contribution < -0.4 is 15.8 Å². The molecule has 2 N–H and O–H groups in total. The minimum Gasteiger partial charge on any atom is -0.371 e. The Morgan fingerprint density at radius 3 is 2.89 bits per heavy atom. The zero-order valence-corrected chi connectivity index (χ0v) is 16.3. The SMILES string of the molecule is Cc1ccc(Cl)cc1N1CCC(CNC(=O)c2n[nH]c(=O)c3ccccc23)C1. The number of aromatic amines is 1. The first kappa shape index (κ1) is 18.5. The number of anilines is 1. The fraction of sp³-hybridized carbons (Fsp3) is 0.286. The molecule has 0 aliphatic carbocycles. The number of aromatic nitrogens is 2. The molecule has 1 aliphatic rings. The predicted molar refractivity (Wildman–Crippen MR) is 111 cm³/mol. The Morgan fingerprint density at radius 2 is 2.07 bits per heavy atom. The van der Waals surface area contributed by atoms with Gasteiger partial charge < -0.3 is 10.2 Å². The molecular weight excluding hydrogens is 376 g/mol. The summed E-state index contributed by atoms with van der Waals surface area (Å²) in [5.41, 5.74) is 2.29. The number of halogens is 1. The average molecular weight is 397 g/mol. The van der Waals surface area contributed by atoms with Crippen LogP contribution in [0.3, 0.4) is 0 Å². The van der Waals surface area contributed by atoms with Crippen LogP contribution in [0.4, 0.5) is 5.69 Å². The van der Waals surface area contributed by atoms with E-state index in [0.717, 1.165) is 30.2 Å². The van der Waals surface area contributed by atoms with E-state index in [2.05, 4.69) is 27.3 Å². The molecule has 4 rings (SSSR count). The van der Waals surface area contributed by atoms with Gasteiger partial charge in [-0.15, -0.1) is 0 Å². The number of nitrogens with zero attached hydrogens (tertiary/aromatic N) is 2. The molecule has 0 radical (unpaired) electrons. The van der Waals surface area contributed by atoms with E-state index in [1.807, 2.05) is 18.2 Å². The van der Waals surface area contributed by atoms with E-state index in [-0.39, 0.29) is 17.2 Å². The highest BCUT2D eigenvalue weighted by molar-refractivity contribution is 6.30. The molecule has 1 atom stereocenters. The second kappa shape index (κ2) is 7.64. The standard InChI is InChI=1S/C21H21ClN4O2/c1-13-6-7-15(22)10-18(13)26-9-8-14(12-26)11-23-21(28)19-16-4-2-3-5-17(16)20(27)25-24-19/h2-7,10,14H,8-9,11-12H2,1H3,(H,23,28)(H,25,27). The molecule has 6 nitrogen and oxygen atoms in total. The molecule has 1 amide bonds. The molecule has 0 bridgehead atoms. The van der Waals surface area contributed by atoms with Crippen LogP contribution in [-0.2, 0) is 0 Å². The van der Waals surface area contributed by atoms with Gasteiger partial charge in [0.05, 0.1) is 5.39 Å². The molecule has 3 aromatic rings. The van der Waals surface area contributed by atoms with Gasteiger partial charge in [-0.3, -0.25) is 9.59 Å². The highest BCUT2D eigenvalue weighted by atomic mass is 35.5. The van der Waals surface area contributed by atoms with Crippen LogP contribution in [0.1, 0.15) is 22.5 Å². The number of carbonyl (C=O) groups excluding carboxylic acids is 1. The predicted octanol–water partition coefficient (Wildman–Crippen LogP) is 3.14. The van der Waals surface area contributed by atoms with Crippen LogP contribution in [-0.4, -0.2) is 35.7 Å². The van der Waals surface area contributed by atoms with Gasteiger partial charge in [0.15, 0.2) is 5.69 Å². The van der Waals surface area contributed by atoms with Crippen molar-refractivity contribution in [1.82, 2.24) is 15.5 Å². The molecular formula is C21H21ClN4O2. The number of nitrogens with one attached hydrogen (secondary N) is 2. The van der Waals surface area contributed by atoms with Gasteiger partial charge in [0.1, 0.15) is 0 Å². The lowest BCUT2D eigenvalue weighted by Crippen LogP contribution is -2.32. The number of aryl methyl sites for hydroxylation is 1. The average Bonchev–Trinajstić information content (AvgIpc) is 3.17. The van der Waals surface area contributed by atoms with E-state index in [1.165, 1.54) is 5.56 Å². The summed E-state index contributed by atoms with van der Waals surface area (Å²) >= 11 is 6.15. The fourth-order valence-electron chi connectivity index (χ4n) is 3.75. The van der Waals surface area contributed by atoms with Gasteiger partial charge >= 0.3 is 0 Å². The van der Waals surface area contributed by atoms with Crippen molar-refractivity contribution in [2.45, 2.75) is 13.3 Å². The molecule has 0 spiro atoms. The Hall–Kier alpha value is -2.86. The van der Waals surface area contributed by atoms with E-state index < -0.39 is 0 Å². The maximum Gasteiger partial charge on any atom is 0.272 e. The van der Waals surface area contributed by atoms with Gasteiger partial charge in [-0.25, -0.2) is 5.10 Å². The molecule has 1 aliphatic heterocycles. The Kier molecular flexibility index (Phi) is 5.05. The van der Waals surface area contributed by atoms with Crippen molar-refractivity contribution >= 4 is 34.0 Å². The summed E-state index contributed by atoms with van der Waals surface area (Å²) < 4.78 is 0. The number of benzene rings is 2. The summed E-state index contributed by atoms with van der Waals surface area (Å²) in [6.45, 7) is 4.43. The molecule has 0 saturated carbocycles. The lowest BCUT2D eigenvalue weighted by Gasteiger charge is -2.21. The van der Waals surface area contributed by atoms with E-state index in [0.29, 0.717) is 23.2 Å². The normalized spacial score (nSPS) is 16.5. The molecule has 2 heterocycles. The van der Waals surface area contributed by atoms with E-state index >= 15 is 0 Å². The number of hydrogen-bond donors (Lipinski definition) is 2. The summed E-state index contributed by atoms with van der Waals surface area (Å²) in [6.07, 6.45) is 0.992. The quantitative estimate of drug-likeness (QED) is 0.710. The van der Waals surface area contributed by atoms with Crippen LogP contribution in [0, 0.1) is 12.8 Å². The number of carbonyl (C=O) groups is 1. The molecule has 144 valence electrons. The zero-order valence-electron chi connectivity index (χ0n) is 15.5. The Balaban J connectivity index is 1.43. The lowest BCUT2D eigenvalue weighted by atomic mass is 10.1. The van der Waals surface area contributed by atoms with Crippen molar-refractivity contribution in [3.8, 4) is 0 Å². The van der Waals surface area contributed by atoms with Gasteiger partial charge in [0.2, 0.25) is 0 Å². The number of hydrogen-bond acceptors (Lipinski definition) is 4. The lowest BCUT2D eigenvalue weighted by molar-refractivity contribution is 0.0944. The maximum atomic E-state index is 12.7. The van der Waals surface area contributed by atoms with Crippen molar-refractivity contribution in [3.63, 3.8) is 0 Å². The second-order valence-corrected chi connectivity index (χ2v) is 7.62. The van der Waals surface area contributed by atoms with Gasteiger partial charge in [-0.2, -0.15) is 5.10 Å². The third-order valence-corrected chi connectivity index (χ3v) is 5.50. The van der Waals surface area contributed by atoms with E-state index in [9.17, 15) is 9.59 Å². The van der Waals surface area contributed by atoms with Crippen molar-refractivity contribution < 1.29 is 4.79 Å². The molecule has 28 heavy (non-hydrogen) atoms. The summed E-state index contributed by atoms with van der Waals surface area (Å²) in [6, 6.07) is 12.9. The van der Waals surface area contributed by atoms with Crippen LogP contribution in [0.25, 0.3) is 10.8 Å². The molecule has 2 aromatic carbocycles. The van der Waals surface area contributed by atoms with Crippen molar-refractivity contribution in [1.29, 1.82) is 0 Å². The first-order valence-electron chi connectivity index (χ1n) is 9.29. The molecule has 1 aromatic heterocycles. The summed E-state index contributed by atoms with van der Waals surface area (Å²) in [7, 11) is 0. The highest BCUT2D eigenvalue weighted by Gasteiger charge is 2.25. The summed E-state index contributed by atoms with van der Waals surface area (Å²) in [5, 5.41) is 11.1. The third-order valence-electron chi connectivity index (χ3n) is 5.26. The smallest absolute Gasteiger partial charge is 0.272 e. The topological polar surface area (TPSA) is 78.1 Å². The van der Waals surface area contributed by atoms with E-state index in [4.69, 9.17) is 11.6 Å². The summed E-state index contributed by atoms with van der Waals surface area (Å²) in [4.78, 5) is 26.8. The first-order valence-corrected chi connectivity index (χ1v) is 9.67. The number of rotatable bonds is 4.